The van der Waals surface area contributed by atoms with E-state index in [0.717, 1.165) is 30.5 Å². The number of H-pyrrole nitrogens is 1. The molecule has 0 bridgehead atoms. The highest BCUT2D eigenvalue weighted by molar-refractivity contribution is 7.89. The van der Waals surface area contributed by atoms with Gasteiger partial charge in [-0.1, -0.05) is 25.1 Å². The standard InChI is InChI=1S/C25H32N4O4S/c1-18-8-12-27(13-9-18)25(31)22-15-21(16-26-22)34(32,33)28-11-4-6-20(17-28)24(30)29-14-10-19-5-2-3-7-23(19)29/h2-3,5,7,15-16,18,20,26H,4,6,8-14,17H2,1H3/t20-/m1/s1. The molecule has 2 saturated heterocycles. The van der Waals surface area contributed by atoms with Gasteiger partial charge in [0.05, 0.1) is 5.92 Å². The summed E-state index contributed by atoms with van der Waals surface area (Å²) in [6, 6.07) is 9.34. The predicted molar refractivity (Wildman–Crippen MR) is 129 cm³/mol. The van der Waals surface area contributed by atoms with Crippen LogP contribution in [0.3, 0.4) is 0 Å². The number of hydrogen-bond acceptors (Lipinski definition) is 4. The predicted octanol–water partition coefficient (Wildman–Crippen LogP) is 2.88. The van der Waals surface area contributed by atoms with Gasteiger partial charge in [0.1, 0.15) is 10.6 Å². The van der Waals surface area contributed by atoms with Crippen LogP contribution in [0.25, 0.3) is 0 Å². The van der Waals surface area contributed by atoms with Crippen molar-refractivity contribution in [1.82, 2.24) is 14.2 Å². The van der Waals surface area contributed by atoms with Gasteiger partial charge in [-0.3, -0.25) is 9.59 Å². The Bertz CT molecular complexity index is 1180. The van der Waals surface area contributed by atoms with Gasteiger partial charge in [-0.25, -0.2) is 8.42 Å². The number of fused-ring (bicyclic) bond motifs is 1. The number of carbonyl (C=O) groups is 2. The average Bonchev–Trinajstić information content (AvgIpc) is 3.52. The minimum atomic E-state index is -3.80. The minimum Gasteiger partial charge on any atom is -0.356 e. The van der Waals surface area contributed by atoms with Crippen LogP contribution >= 0.6 is 0 Å². The molecule has 2 amide bonds. The lowest BCUT2D eigenvalue weighted by atomic mass is 9.98. The lowest BCUT2D eigenvalue weighted by Crippen LogP contribution is -2.46. The Kier molecular flexibility index (Phi) is 6.24. The van der Waals surface area contributed by atoms with Gasteiger partial charge in [-0.05, 0) is 55.7 Å². The SMILES string of the molecule is CC1CCN(C(=O)c2cc(S(=O)(=O)N3CCC[C@@H](C(=O)N4CCc5ccccc54)C3)c[nH]2)CC1. The van der Waals surface area contributed by atoms with Crippen LogP contribution in [-0.4, -0.2) is 67.1 Å². The third kappa shape index (κ3) is 4.27. The van der Waals surface area contributed by atoms with Crippen LogP contribution in [0.2, 0.25) is 0 Å². The molecule has 0 unspecified atom stereocenters. The van der Waals surface area contributed by atoms with Gasteiger partial charge < -0.3 is 14.8 Å². The summed E-state index contributed by atoms with van der Waals surface area (Å²) in [5, 5.41) is 0. The van der Waals surface area contributed by atoms with Gasteiger partial charge in [0.15, 0.2) is 0 Å². The molecule has 5 rings (SSSR count). The first-order chi connectivity index (χ1) is 16.3. The summed E-state index contributed by atoms with van der Waals surface area (Å²) in [5.41, 5.74) is 2.39. The number of aromatic amines is 1. The van der Waals surface area contributed by atoms with Gasteiger partial charge in [0, 0.05) is 44.6 Å². The molecule has 3 aliphatic heterocycles. The van der Waals surface area contributed by atoms with Crippen LogP contribution in [-0.2, 0) is 21.2 Å². The smallest absolute Gasteiger partial charge is 0.270 e. The van der Waals surface area contributed by atoms with E-state index in [9.17, 15) is 18.0 Å². The summed E-state index contributed by atoms with van der Waals surface area (Å²) in [5.74, 6) is 0.0688. The fourth-order valence-electron chi connectivity index (χ4n) is 5.33. The zero-order valence-electron chi connectivity index (χ0n) is 19.6. The molecule has 1 atom stereocenters. The number of anilines is 1. The minimum absolute atomic E-state index is 0.00545. The Morgan fingerprint density at radius 1 is 1.03 bits per heavy atom. The fourth-order valence-corrected chi connectivity index (χ4v) is 6.85. The topological polar surface area (TPSA) is 93.8 Å². The average molecular weight is 485 g/mol. The highest BCUT2D eigenvalue weighted by Gasteiger charge is 2.37. The molecule has 4 heterocycles. The Morgan fingerprint density at radius 3 is 2.59 bits per heavy atom. The second-order valence-corrected chi connectivity index (χ2v) is 11.7. The number of nitrogens with zero attached hydrogens (tertiary/aromatic N) is 3. The zero-order valence-corrected chi connectivity index (χ0v) is 20.4. The van der Waals surface area contributed by atoms with Crippen molar-refractivity contribution in [2.45, 2.75) is 43.9 Å². The van der Waals surface area contributed by atoms with E-state index in [1.165, 1.54) is 16.6 Å². The Morgan fingerprint density at radius 2 is 1.79 bits per heavy atom. The number of carbonyl (C=O) groups excluding carboxylic acids is 2. The number of amides is 2. The number of likely N-dealkylation sites (tertiary alicyclic amines) is 1. The van der Waals surface area contributed by atoms with Crippen LogP contribution in [0.5, 0.6) is 0 Å². The van der Waals surface area contributed by atoms with Crippen LogP contribution in [0.1, 0.15) is 48.7 Å². The molecule has 8 nitrogen and oxygen atoms in total. The first-order valence-corrected chi connectivity index (χ1v) is 13.7. The molecule has 0 aliphatic carbocycles. The van der Waals surface area contributed by atoms with Gasteiger partial charge in [-0.2, -0.15) is 4.31 Å². The second-order valence-electron chi connectivity index (χ2n) is 9.79. The van der Waals surface area contributed by atoms with Gasteiger partial charge in [0.2, 0.25) is 15.9 Å². The van der Waals surface area contributed by atoms with Crippen molar-refractivity contribution in [2.75, 3.05) is 37.6 Å². The van der Waals surface area contributed by atoms with E-state index in [1.54, 1.807) is 4.90 Å². The van der Waals surface area contributed by atoms with Crippen LogP contribution < -0.4 is 4.90 Å². The van der Waals surface area contributed by atoms with E-state index in [1.807, 2.05) is 29.2 Å². The summed E-state index contributed by atoms with van der Waals surface area (Å²) in [4.78, 5) is 32.7. The van der Waals surface area contributed by atoms with E-state index in [0.29, 0.717) is 50.6 Å². The molecule has 1 N–H and O–H groups in total. The van der Waals surface area contributed by atoms with Gasteiger partial charge >= 0.3 is 0 Å². The number of nitrogens with one attached hydrogen (secondary N) is 1. The van der Waals surface area contributed by atoms with Gasteiger partial charge in [0.25, 0.3) is 5.91 Å². The molecule has 0 saturated carbocycles. The summed E-state index contributed by atoms with van der Waals surface area (Å²) in [6.45, 7) is 4.74. The molecule has 1 aromatic carbocycles. The molecular formula is C25H32N4O4S. The van der Waals surface area contributed by atoms with Crippen molar-refractivity contribution in [3.05, 3.63) is 47.8 Å². The Labute approximate surface area is 201 Å². The molecule has 1 aromatic heterocycles. The molecule has 182 valence electrons. The van der Waals surface area contributed by atoms with Crippen molar-refractivity contribution >= 4 is 27.5 Å². The normalized spacial score (nSPS) is 22.1. The fraction of sp³-hybridized carbons (Fsp3) is 0.520. The lowest BCUT2D eigenvalue weighted by Gasteiger charge is -2.33. The highest BCUT2D eigenvalue weighted by atomic mass is 32.2. The summed E-state index contributed by atoms with van der Waals surface area (Å²) < 4.78 is 28.2. The summed E-state index contributed by atoms with van der Waals surface area (Å²) in [6.07, 6.45) is 5.45. The molecule has 0 spiro atoms. The first kappa shape index (κ1) is 23.1. The quantitative estimate of drug-likeness (QED) is 0.722. The van der Waals surface area contributed by atoms with Crippen LogP contribution in [0, 0.1) is 11.8 Å². The molecule has 2 aromatic rings. The van der Waals surface area contributed by atoms with Crippen LogP contribution in [0.15, 0.2) is 41.4 Å². The van der Waals surface area contributed by atoms with Crippen molar-refractivity contribution in [3.8, 4) is 0 Å². The third-order valence-corrected chi connectivity index (χ3v) is 9.33. The lowest BCUT2D eigenvalue weighted by molar-refractivity contribution is -0.123. The third-order valence-electron chi connectivity index (χ3n) is 7.48. The molecular weight excluding hydrogens is 452 g/mol. The maximum Gasteiger partial charge on any atom is 0.270 e. The maximum atomic E-state index is 13.4. The largest absolute Gasteiger partial charge is 0.356 e. The highest BCUT2D eigenvalue weighted by Crippen LogP contribution is 2.32. The Balaban J connectivity index is 1.28. The van der Waals surface area contributed by atoms with Crippen molar-refractivity contribution in [2.24, 2.45) is 11.8 Å². The zero-order chi connectivity index (χ0) is 23.9. The second kappa shape index (κ2) is 9.19. The van der Waals surface area contributed by atoms with E-state index in [4.69, 9.17) is 0 Å². The van der Waals surface area contributed by atoms with Crippen molar-refractivity contribution in [3.63, 3.8) is 0 Å². The molecule has 9 heteroatoms. The van der Waals surface area contributed by atoms with E-state index < -0.39 is 10.0 Å². The van der Waals surface area contributed by atoms with Gasteiger partial charge in [-0.15, -0.1) is 0 Å². The summed E-state index contributed by atoms with van der Waals surface area (Å²) >= 11 is 0. The summed E-state index contributed by atoms with van der Waals surface area (Å²) in [7, 11) is -3.80. The monoisotopic (exact) mass is 484 g/mol. The molecule has 34 heavy (non-hydrogen) atoms. The van der Waals surface area contributed by atoms with Crippen LogP contribution in [0.4, 0.5) is 5.69 Å². The van der Waals surface area contributed by atoms with Crippen molar-refractivity contribution < 1.29 is 18.0 Å². The maximum absolute atomic E-state index is 13.4. The number of rotatable bonds is 4. The number of hydrogen-bond donors (Lipinski definition) is 1. The number of piperidine rings is 2. The Hall–Kier alpha value is -2.65. The van der Waals surface area contributed by atoms with Crippen molar-refractivity contribution in [1.29, 1.82) is 0 Å². The number of para-hydroxylation sites is 1. The molecule has 0 radical (unpaired) electrons. The molecule has 2 fully saturated rings. The van der Waals surface area contributed by atoms with E-state index in [-0.39, 0.29) is 29.2 Å². The number of benzene rings is 1. The first-order valence-electron chi connectivity index (χ1n) is 12.2. The van der Waals surface area contributed by atoms with E-state index in [2.05, 4.69) is 11.9 Å². The number of sulfonamides is 1. The molecule has 3 aliphatic rings. The van der Waals surface area contributed by atoms with E-state index >= 15 is 0 Å². The number of aromatic nitrogens is 1.